The molecule has 0 amide bonds. The molecule has 0 spiro atoms. The SMILES string of the molecule is Cc1ccc(Nc2cc(C)nc(NCCNS(=O)(=O)Cc3cc(F)cc(F)c3)n2)cc1. The minimum Gasteiger partial charge on any atom is -0.353 e. The maximum absolute atomic E-state index is 13.2. The van der Waals surface area contributed by atoms with Crippen LogP contribution < -0.4 is 15.4 Å². The summed E-state index contributed by atoms with van der Waals surface area (Å²) in [5.74, 6) is -1.21. The first-order chi connectivity index (χ1) is 14.7. The lowest BCUT2D eigenvalue weighted by molar-refractivity contribution is 0.575. The third-order valence-electron chi connectivity index (χ3n) is 4.19. The molecule has 164 valence electrons. The van der Waals surface area contributed by atoms with E-state index < -0.39 is 27.4 Å². The second kappa shape index (κ2) is 9.80. The van der Waals surface area contributed by atoms with E-state index >= 15 is 0 Å². The fraction of sp³-hybridized carbons (Fsp3) is 0.238. The zero-order valence-electron chi connectivity index (χ0n) is 17.1. The highest BCUT2D eigenvalue weighted by Gasteiger charge is 2.13. The summed E-state index contributed by atoms with van der Waals surface area (Å²) >= 11 is 0. The lowest BCUT2D eigenvalue weighted by Crippen LogP contribution is -2.30. The van der Waals surface area contributed by atoms with Gasteiger partial charge in [-0.3, -0.25) is 0 Å². The molecule has 0 aliphatic heterocycles. The molecule has 3 N–H and O–H groups in total. The van der Waals surface area contributed by atoms with Gasteiger partial charge in [0.2, 0.25) is 16.0 Å². The number of hydrogen-bond donors (Lipinski definition) is 3. The molecule has 0 fully saturated rings. The first kappa shape index (κ1) is 22.6. The van der Waals surface area contributed by atoms with Crippen molar-refractivity contribution in [1.29, 1.82) is 0 Å². The highest BCUT2D eigenvalue weighted by atomic mass is 32.2. The standard InChI is InChI=1S/C21H23F2N5O2S/c1-14-3-5-19(6-4-14)27-20-9-15(2)26-21(28-20)24-7-8-25-31(29,30)13-16-10-17(22)12-18(23)11-16/h3-6,9-12,25H,7-8,13H2,1-2H3,(H2,24,26,27,28). The second-order valence-electron chi connectivity index (χ2n) is 7.07. The van der Waals surface area contributed by atoms with E-state index in [0.717, 1.165) is 29.1 Å². The van der Waals surface area contributed by atoms with E-state index in [1.807, 2.05) is 38.1 Å². The Bertz CT molecular complexity index is 1130. The number of benzene rings is 2. The Kier molecular flexibility index (Phi) is 7.13. The zero-order valence-corrected chi connectivity index (χ0v) is 17.9. The van der Waals surface area contributed by atoms with Gasteiger partial charge in [0.1, 0.15) is 17.5 Å². The average molecular weight is 448 g/mol. The van der Waals surface area contributed by atoms with Gasteiger partial charge < -0.3 is 10.6 Å². The van der Waals surface area contributed by atoms with Gasteiger partial charge in [-0.15, -0.1) is 0 Å². The quantitative estimate of drug-likeness (QED) is 0.434. The fourth-order valence-electron chi connectivity index (χ4n) is 2.84. The van der Waals surface area contributed by atoms with E-state index in [4.69, 9.17) is 0 Å². The van der Waals surface area contributed by atoms with Gasteiger partial charge in [0, 0.05) is 36.6 Å². The van der Waals surface area contributed by atoms with Crippen molar-refractivity contribution in [2.24, 2.45) is 0 Å². The molecule has 0 aliphatic carbocycles. The topological polar surface area (TPSA) is 96.0 Å². The Morgan fingerprint density at radius 1 is 0.903 bits per heavy atom. The number of hydrogen-bond acceptors (Lipinski definition) is 6. The zero-order chi connectivity index (χ0) is 22.4. The first-order valence-corrected chi connectivity index (χ1v) is 11.2. The van der Waals surface area contributed by atoms with Crippen molar-refractivity contribution in [3.05, 3.63) is 77.0 Å². The van der Waals surface area contributed by atoms with Crippen molar-refractivity contribution in [2.75, 3.05) is 23.7 Å². The Morgan fingerprint density at radius 3 is 2.26 bits per heavy atom. The van der Waals surface area contributed by atoms with Crippen LogP contribution in [0.25, 0.3) is 0 Å². The van der Waals surface area contributed by atoms with Crippen molar-refractivity contribution in [2.45, 2.75) is 19.6 Å². The predicted molar refractivity (Wildman–Crippen MR) is 117 cm³/mol. The third-order valence-corrected chi connectivity index (χ3v) is 5.54. The van der Waals surface area contributed by atoms with E-state index in [2.05, 4.69) is 25.3 Å². The summed E-state index contributed by atoms with van der Waals surface area (Å²) in [7, 11) is -3.76. The Morgan fingerprint density at radius 2 is 1.58 bits per heavy atom. The van der Waals surface area contributed by atoms with E-state index in [9.17, 15) is 17.2 Å². The molecule has 3 aromatic rings. The Labute approximate surface area is 180 Å². The molecule has 31 heavy (non-hydrogen) atoms. The molecule has 2 aromatic carbocycles. The highest BCUT2D eigenvalue weighted by molar-refractivity contribution is 7.88. The summed E-state index contributed by atoms with van der Waals surface area (Å²) < 4.78 is 53.1. The largest absolute Gasteiger partial charge is 0.353 e. The van der Waals surface area contributed by atoms with Crippen LogP contribution in [0.15, 0.2) is 48.5 Å². The van der Waals surface area contributed by atoms with E-state index in [1.54, 1.807) is 6.07 Å². The fourth-order valence-corrected chi connectivity index (χ4v) is 3.96. The lowest BCUT2D eigenvalue weighted by Gasteiger charge is -2.11. The second-order valence-corrected chi connectivity index (χ2v) is 8.87. The number of halogens is 2. The van der Waals surface area contributed by atoms with Crippen LogP contribution in [0, 0.1) is 25.5 Å². The van der Waals surface area contributed by atoms with Gasteiger partial charge in [-0.1, -0.05) is 17.7 Å². The van der Waals surface area contributed by atoms with Crippen LogP contribution in [0.4, 0.5) is 26.2 Å². The van der Waals surface area contributed by atoms with E-state index in [1.165, 1.54) is 0 Å². The highest BCUT2D eigenvalue weighted by Crippen LogP contribution is 2.17. The van der Waals surface area contributed by atoms with Crippen molar-refractivity contribution >= 4 is 27.5 Å². The van der Waals surface area contributed by atoms with Crippen LogP contribution in [0.5, 0.6) is 0 Å². The molecule has 1 heterocycles. The van der Waals surface area contributed by atoms with Crippen molar-refractivity contribution in [1.82, 2.24) is 14.7 Å². The van der Waals surface area contributed by atoms with Gasteiger partial charge in [0.05, 0.1) is 5.75 Å². The van der Waals surface area contributed by atoms with Crippen molar-refractivity contribution < 1.29 is 17.2 Å². The molecule has 0 bridgehead atoms. The predicted octanol–water partition coefficient (Wildman–Crippen LogP) is 3.65. The van der Waals surface area contributed by atoms with Gasteiger partial charge in [-0.25, -0.2) is 26.9 Å². The third kappa shape index (κ3) is 7.26. The molecular formula is C21H23F2N5O2S. The Hall–Kier alpha value is -3.11. The van der Waals surface area contributed by atoms with Crippen LogP contribution in [-0.4, -0.2) is 31.5 Å². The minimum atomic E-state index is -3.76. The molecule has 0 aliphatic rings. The van der Waals surface area contributed by atoms with Gasteiger partial charge in [0.15, 0.2) is 0 Å². The number of rotatable bonds is 9. The Balaban J connectivity index is 1.53. The van der Waals surface area contributed by atoms with Crippen molar-refractivity contribution in [3.8, 4) is 0 Å². The van der Waals surface area contributed by atoms with Crippen LogP contribution in [0.2, 0.25) is 0 Å². The first-order valence-electron chi connectivity index (χ1n) is 9.54. The summed E-state index contributed by atoms with van der Waals surface area (Å²) in [4.78, 5) is 8.67. The summed E-state index contributed by atoms with van der Waals surface area (Å²) in [5, 5.41) is 6.17. The number of sulfonamides is 1. The van der Waals surface area contributed by atoms with Crippen molar-refractivity contribution in [3.63, 3.8) is 0 Å². The summed E-state index contributed by atoms with van der Waals surface area (Å²) in [6, 6.07) is 12.3. The van der Waals surface area contributed by atoms with Gasteiger partial charge in [-0.05, 0) is 43.7 Å². The molecule has 0 atom stereocenters. The lowest BCUT2D eigenvalue weighted by atomic mass is 10.2. The molecular weight excluding hydrogens is 424 g/mol. The number of anilines is 3. The van der Waals surface area contributed by atoms with Gasteiger partial charge in [-0.2, -0.15) is 4.98 Å². The maximum Gasteiger partial charge on any atom is 0.224 e. The van der Waals surface area contributed by atoms with Gasteiger partial charge >= 0.3 is 0 Å². The smallest absolute Gasteiger partial charge is 0.224 e. The molecule has 7 nitrogen and oxygen atoms in total. The summed E-state index contributed by atoms with van der Waals surface area (Å²) in [6.07, 6.45) is 0. The molecule has 0 unspecified atom stereocenters. The molecule has 10 heteroatoms. The van der Waals surface area contributed by atoms with Crippen LogP contribution in [-0.2, 0) is 15.8 Å². The molecule has 1 aromatic heterocycles. The normalized spacial score (nSPS) is 11.4. The van der Waals surface area contributed by atoms with Crippen LogP contribution >= 0.6 is 0 Å². The minimum absolute atomic E-state index is 0.0341. The average Bonchev–Trinajstić information content (AvgIpc) is 2.65. The van der Waals surface area contributed by atoms with E-state index in [-0.39, 0.29) is 18.7 Å². The molecule has 3 rings (SSSR count). The molecule has 0 radical (unpaired) electrons. The number of nitrogens with one attached hydrogen (secondary N) is 3. The van der Waals surface area contributed by atoms with Crippen LogP contribution in [0.1, 0.15) is 16.8 Å². The monoisotopic (exact) mass is 447 g/mol. The van der Waals surface area contributed by atoms with E-state index in [0.29, 0.717) is 17.8 Å². The number of nitrogens with zero attached hydrogens (tertiary/aromatic N) is 2. The molecule has 0 saturated carbocycles. The van der Waals surface area contributed by atoms with Gasteiger partial charge in [0.25, 0.3) is 0 Å². The summed E-state index contributed by atoms with van der Waals surface area (Å²) in [5.41, 5.74) is 2.81. The summed E-state index contributed by atoms with van der Waals surface area (Å²) in [6.45, 7) is 4.11. The molecule has 0 saturated heterocycles. The van der Waals surface area contributed by atoms with Crippen LogP contribution in [0.3, 0.4) is 0 Å². The number of aryl methyl sites for hydroxylation is 2. The number of aromatic nitrogens is 2. The maximum atomic E-state index is 13.2.